The van der Waals surface area contributed by atoms with Crippen LogP contribution in [0.15, 0.2) is 53.4 Å². The lowest BCUT2D eigenvalue weighted by Gasteiger charge is -2.22. The summed E-state index contributed by atoms with van der Waals surface area (Å²) in [7, 11) is -2.43. The van der Waals surface area contributed by atoms with E-state index in [2.05, 4.69) is 15.0 Å². The third kappa shape index (κ3) is 5.51. The molecule has 1 aromatic heterocycles. The van der Waals surface area contributed by atoms with Gasteiger partial charge in [0.05, 0.1) is 12.0 Å². The van der Waals surface area contributed by atoms with Gasteiger partial charge in [0, 0.05) is 11.6 Å². The van der Waals surface area contributed by atoms with Gasteiger partial charge in [-0.15, -0.1) is 0 Å². The van der Waals surface area contributed by atoms with Gasteiger partial charge >= 0.3 is 5.13 Å². The van der Waals surface area contributed by atoms with Crippen LogP contribution in [0.2, 0.25) is 0 Å². The second-order valence-corrected chi connectivity index (χ2v) is 12.1. The zero-order chi connectivity index (χ0) is 25.2. The van der Waals surface area contributed by atoms with Gasteiger partial charge in [-0.1, -0.05) is 31.0 Å². The number of rotatable bonds is 9. The lowest BCUT2D eigenvalue weighted by atomic mass is 9.88. The fourth-order valence-electron chi connectivity index (χ4n) is 4.55. The molecule has 1 fully saturated rings. The third-order valence-electron chi connectivity index (χ3n) is 6.36. The second kappa shape index (κ2) is 9.99. The van der Waals surface area contributed by atoms with Crippen LogP contribution >= 0.6 is 11.3 Å². The Morgan fingerprint density at radius 1 is 1.11 bits per heavy atom. The summed E-state index contributed by atoms with van der Waals surface area (Å²) in [6.45, 7) is 5.77. The number of hydrogen-bond acceptors (Lipinski definition) is 6. The molecule has 4 rings (SSSR count). The number of ether oxygens (including phenoxy) is 1. The summed E-state index contributed by atoms with van der Waals surface area (Å²) in [5.74, 6) is 0.613. The SMILES string of the molecule is COc1ccc(-c2sc(NC(C)(C)C(=O)C3CCCC3)[nH+]c2C)cc1S(=O)(=O)Nc1ccccc1. The van der Waals surface area contributed by atoms with Crippen molar-refractivity contribution in [3.63, 3.8) is 0 Å². The molecule has 0 radical (unpaired) electrons. The van der Waals surface area contributed by atoms with Crippen molar-refractivity contribution in [3.05, 3.63) is 54.2 Å². The number of thiazole rings is 1. The molecule has 0 atom stereocenters. The molecule has 186 valence electrons. The van der Waals surface area contributed by atoms with Crippen LogP contribution < -0.4 is 19.8 Å². The lowest BCUT2D eigenvalue weighted by Crippen LogP contribution is -2.44. The standard InChI is InChI=1S/C26H31N3O4S2/c1-17-23(34-25(27-17)28-26(2,3)24(30)18-10-8-9-11-18)19-14-15-21(33-4)22(16-19)35(31,32)29-20-12-6-5-7-13-20/h5-7,12-16,18,29H,8-11H2,1-4H3,(H,27,28)/p+1. The van der Waals surface area contributed by atoms with E-state index in [4.69, 9.17) is 4.74 Å². The largest absolute Gasteiger partial charge is 0.495 e. The number of aromatic nitrogens is 1. The number of Topliss-reactive ketones (excluding diaryl/α,β-unsaturated/α-hetero) is 1. The molecule has 0 aliphatic heterocycles. The molecule has 3 aromatic rings. The highest BCUT2D eigenvalue weighted by atomic mass is 32.2. The number of methoxy groups -OCH3 is 1. The molecule has 0 unspecified atom stereocenters. The van der Waals surface area contributed by atoms with Gasteiger partial charge in [-0.2, -0.15) is 0 Å². The van der Waals surface area contributed by atoms with E-state index in [1.807, 2.05) is 32.9 Å². The summed E-state index contributed by atoms with van der Waals surface area (Å²) in [5.41, 5.74) is 1.40. The van der Waals surface area contributed by atoms with Gasteiger partial charge in [0.15, 0.2) is 11.3 Å². The predicted molar refractivity (Wildman–Crippen MR) is 140 cm³/mol. The summed E-state index contributed by atoms with van der Waals surface area (Å²) in [5, 5.41) is 4.14. The number of sulfonamides is 1. The summed E-state index contributed by atoms with van der Waals surface area (Å²) < 4.78 is 34.4. The van der Waals surface area contributed by atoms with Gasteiger partial charge in [0.25, 0.3) is 10.0 Å². The highest BCUT2D eigenvalue weighted by Crippen LogP contribution is 2.37. The molecule has 1 heterocycles. The first kappa shape index (κ1) is 25.2. The van der Waals surface area contributed by atoms with Gasteiger partial charge in [-0.05, 0) is 80.8 Å². The van der Waals surface area contributed by atoms with Crippen molar-refractivity contribution in [2.24, 2.45) is 5.92 Å². The van der Waals surface area contributed by atoms with E-state index in [1.54, 1.807) is 36.4 Å². The Bertz CT molecular complexity index is 1310. The molecular weight excluding hydrogens is 482 g/mol. The number of ketones is 1. The Morgan fingerprint density at radius 3 is 2.46 bits per heavy atom. The number of benzene rings is 2. The number of anilines is 2. The van der Waals surface area contributed by atoms with E-state index in [-0.39, 0.29) is 22.3 Å². The molecule has 0 amide bonds. The minimum Gasteiger partial charge on any atom is -0.495 e. The van der Waals surface area contributed by atoms with Crippen LogP contribution in [0.1, 0.15) is 45.2 Å². The van der Waals surface area contributed by atoms with Crippen LogP contribution in [0.25, 0.3) is 10.4 Å². The Balaban J connectivity index is 1.63. The molecular formula is C26H32N3O4S2+. The van der Waals surface area contributed by atoms with E-state index >= 15 is 0 Å². The van der Waals surface area contributed by atoms with Crippen molar-refractivity contribution >= 4 is 38.0 Å². The number of hydrogen-bond donors (Lipinski definition) is 2. The molecule has 1 aliphatic carbocycles. The monoisotopic (exact) mass is 514 g/mol. The van der Waals surface area contributed by atoms with Crippen LogP contribution in [0.5, 0.6) is 5.75 Å². The van der Waals surface area contributed by atoms with Crippen LogP contribution in [0, 0.1) is 12.8 Å². The molecule has 1 aliphatic rings. The predicted octanol–water partition coefficient (Wildman–Crippen LogP) is 5.30. The lowest BCUT2D eigenvalue weighted by molar-refractivity contribution is -0.364. The van der Waals surface area contributed by atoms with Crippen LogP contribution in [0.4, 0.5) is 10.8 Å². The maximum atomic E-state index is 13.2. The molecule has 3 N–H and O–H groups in total. The van der Waals surface area contributed by atoms with Crippen molar-refractivity contribution in [1.82, 2.24) is 0 Å². The van der Waals surface area contributed by atoms with E-state index in [0.717, 1.165) is 46.9 Å². The van der Waals surface area contributed by atoms with Gasteiger partial charge in [0.1, 0.15) is 16.3 Å². The zero-order valence-electron chi connectivity index (χ0n) is 20.5. The van der Waals surface area contributed by atoms with Crippen LogP contribution in [-0.2, 0) is 14.8 Å². The number of H-pyrrole nitrogens is 1. The average molecular weight is 515 g/mol. The number of aromatic amines is 1. The quantitative estimate of drug-likeness (QED) is 0.404. The van der Waals surface area contributed by atoms with Crippen molar-refractivity contribution in [3.8, 4) is 16.2 Å². The number of para-hydroxylation sites is 1. The Hall–Kier alpha value is -2.91. The smallest absolute Gasteiger partial charge is 0.333 e. The number of carbonyl (C=O) groups excluding carboxylic acids is 1. The first-order valence-electron chi connectivity index (χ1n) is 11.7. The van der Waals surface area contributed by atoms with Gasteiger partial charge in [0.2, 0.25) is 0 Å². The Morgan fingerprint density at radius 2 is 1.80 bits per heavy atom. The van der Waals surface area contributed by atoms with Gasteiger partial charge in [-0.3, -0.25) is 14.8 Å². The van der Waals surface area contributed by atoms with Gasteiger partial charge < -0.3 is 4.74 Å². The number of carbonyl (C=O) groups is 1. The Kier molecular flexibility index (Phi) is 7.19. The highest BCUT2D eigenvalue weighted by molar-refractivity contribution is 7.92. The van der Waals surface area contributed by atoms with Crippen molar-refractivity contribution < 1.29 is 22.9 Å². The summed E-state index contributed by atoms with van der Waals surface area (Å²) in [6.07, 6.45) is 4.15. The van der Waals surface area contributed by atoms with Gasteiger partial charge in [-0.25, -0.2) is 13.4 Å². The minimum atomic E-state index is -3.88. The van der Waals surface area contributed by atoms with Crippen LogP contribution in [0.3, 0.4) is 0 Å². The van der Waals surface area contributed by atoms with E-state index in [1.165, 1.54) is 18.4 Å². The van der Waals surface area contributed by atoms with Crippen molar-refractivity contribution in [2.45, 2.75) is 56.9 Å². The molecule has 0 bridgehead atoms. The normalized spacial score (nSPS) is 14.6. The number of aryl methyl sites for hydroxylation is 1. The minimum absolute atomic E-state index is 0.0559. The van der Waals surface area contributed by atoms with Crippen molar-refractivity contribution in [2.75, 3.05) is 17.1 Å². The third-order valence-corrected chi connectivity index (χ3v) is 8.91. The second-order valence-electron chi connectivity index (χ2n) is 9.44. The maximum Gasteiger partial charge on any atom is 0.333 e. The first-order valence-corrected chi connectivity index (χ1v) is 14.0. The van der Waals surface area contributed by atoms with E-state index in [0.29, 0.717) is 5.69 Å². The van der Waals surface area contributed by atoms with E-state index in [9.17, 15) is 13.2 Å². The Labute approximate surface area is 211 Å². The van der Waals surface area contributed by atoms with Crippen LogP contribution in [-0.4, -0.2) is 26.8 Å². The van der Waals surface area contributed by atoms with Crippen molar-refractivity contribution in [1.29, 1.82) is 0 Å². The fraction of sp³-hybridized carbons (Fsp3) is 0.385. The zero-order valence-corrected chi connectivity index (χ0v) is 22.1. The van der Waals surface area contributed by atoms with E-state index < -0.39 is 15.6 Å². The summed E-state index contributed by atoms with van der Waals surface area (Å²) in [4.78, 5) is 17.3. The summed E-state index contributed by atoms with van der Waals surface area (Å²) in [6, 6.07) is 13.9. The highest BCUT2D eigenvalue weighted by Gasteiger charge is 2.39. The maximum absolute atomic E-state index is 13.2. The topological polar surface area (TPSA) is 98.6 Å². The number of nitrogens with one attached hydrogen (secondary N) is 3. The molecule has 2 aromatic carbocycles. The molecule has 0 spiro atoms. The molecule has 0 saturated heterocycles. The average Bonchev–Trinajstić information content (AvgIpc) is 3.48. The molecule has 1 saturated carbocycles. The first-order chi connectivity index (χ1) is 16.6. The molecule has 7 nitrogen and oxygen atoms in total. The summed E-state index contributed by atoms with van der Waals surface area (Å²) >= 11 is 1.46. The fourth-order valence-corrected chi connectivity index (χ4v) is 6.97. The molecule has 35 heavy (non-hydrogen) atoms. The molecule has 9 heteroatoms.